The Morgan fingerprint density at radius 3 is 2.96 bits per heavy atom. The van der Waals surface area contributed by atoms with Crippen molar-refractivity contribution in [3.8, 4) is 22.9 Å². The molecule has 9 heteroatoms. The topological polar surface area (TPSA) is 114 Å². The minimum absolute atomic E-state index is 0.191. The molecule has 0 fully saturated rings. The van der Waals surface area contributed by atoms with E-state index in [0.29, 0.717) is 28.1 Å². The van der Waals surface area contributed by atoms with Crippen LogP contribution in [0.25, 0.3) is 11.1 Å². The Hall–Kier alpha value is -3.80. The van der Waals surface area contributed by atoms with Gasteiger partial charge in [0.1, 0.15) is 23.7 Å². The van der Waals surface area contributed by atoms with E-state index in [9.17, 15) is 9.65 Å². The van der Waals surface area contributed by atoms with Crippen LogP contribution in [0.3, 0.4) is 0 Å². The van der Waals surface area contributed by atoms with Gasteiger partial charge in [-0.05, 0) is 30.7 Å². The molecule has 8 nitrogen and oxygen atoms in total. The molecule has 2 bridgehead atoms. The van der Waals surface area contributed by atoms with Gasteiger partial charge in [0.25, 0.3) is 0 Å². The molecule has 2 aromatic heterocycles. The van der Waals surface area contributed by atoms with Gasteiger partial charge in [-0.15, -0.1) is 10.2 Å². The largest absolute Gasteiger partial charge is 0.482 e. The van der Waals surface area contributed by atoms with Crippen LogP contribution in [-0.2, 0) is 13.6 Å². The number of ether oxygens (including phenoxy) is 1. The van der Waals surface area contributed by atoms with Crippen molar-refractivity contribution >= 4 is 11.6 Å². The van der Waals surface area contributed by atoms with Crippen LogP contribution in [0.5, 0.6) is 5.75 Å². The molecule has 4 rings (SSSR count). The fourth-order valence-corrected chi connectivity index (χ4v) is 3.18. The maximum Gasteiger partial charge on any atom is 0.204 e. The molecule has 28 heavy (non-hydrogen) atoms. The van der Waals surface area contributed by atoms with Crippen LogP contribution in [0.1, 0.15) is 29.8 Å². The Kier molecular flexibility index (Phi) is 4.24. The second kappa shape index (κ2) is 6.74. The molecule has 1 aromatic carbocycles. The molecule has 0 saturated heterocycles. The lowest BCUT2D eigenvalue weighted by Gasteiger charge is -2.19. The first-order valence-corrected chi connectivity index (χ1v) is 8.53. The van der Waals surface area contributed by atoms with Crippen molar-refractivity contribution in [3.05, 3.63) is 53.1 Å². The number of aryl methyl sites for hydroxylation is 1. The number of aromatic nitrogens is 3. The van der Waals surface area contributed by atoms with Crippen molar-refractivity contribution in [2.45, 2.75) is 19.6 Å². The van der Waals surface area contributed by atoms with Crippen LogP contribution in [0.15, 0.2) is 40.7 Å². The number of rotatable bonds is 0. The number of azo groups is 1. The number of halogens is 1. The average Bonchev–Trinajstić information content (AvgIpc) is 2.99. The van der Waals surface area contributed by atoms with Crippen LogP contribution in [-0.4, -0.2) is 14.8 Å². The Morgan fingerprint density at radius 1 is 1.36 bits per heavy atom. The molecule has 0 saturated carbocycles. The van der Waals surface area contributed by atoms with E-state index in [1.807, 2.05) is 0 Å². The summed E-state index contributed by atoms with van der Waals surface area (Å²) in [5.74, 6) is 0.435. The highest BCUT2D eigenvalue weighted by Gasteiger charge is 2.22. The van der Waals surface area contributed by atoms with Crippen LogP contribution in [0.4, 0.5) is 16.0 Å². The van der Waals surface area contributed by atoms with Crippen LogP contribution in [0, 0.1) is 17.1 Å². The number of hydrogen-bond donors (Lipinski definition) is 1. The van der Waals surface area contributed by atoms with E-state index in [-0.39, 0.29) is 24.0 Å². The van der Waals surface area contributed by atoms with Crippen molar-refractivity contribution in [2.24, 2.45) is 17.3 Å². The maximum absolute atomic E-state index is 13.8. The third-order valence-electron chi connectivity index (χ3n) is 4.56. The van der Waals surface area contributed by atoms with Gasteiger partial charge in [-0.2, -0.15) is 10.4 Å². The summed E-state index contributed by atoms with van der Waals surface area (Å²) in [5, 5.41) is 22.3. The second-order valence-electron chi connectivity index (χ2n) is 6.39. The van der Waals surface area contributed by atoms with Gasteiger partial charge < -0.3 is 10.5 Å². The van der Waals surface area contributed by atoms with Gasteiger partial charge in [0.15, 0.2) is 11.6 Å². The first-order chi connectivity index (χ1) is 13.5. The van der Waals surface area contributed by atoms with E-state index in [4.69, 9.17) is 10.5 Å². The number of benzene rings is 1. The summed E-state index contributed by atoms with van der Waals surface area (Å²) in [6.07, 6.45) is 1.03. The number of nitriles is 1. The van der Waals surface area contributed by atoms with Crippen molar-refractivity contribution in [2.75, 3.05) is 5.73 Å². The third kappa shape index (κ3) is 2.95. The number of hydrogen-bond acceptors (Lipinski definition) is 7. The molecule has 0 amide bonds. The Bertz CT molecular complexity index is 1150. The number of nitrogens with zero attached hydrogens (tertiary/aromatic N) is 6. The normalized spacial score (nSPS) is 15.4. The number of nitrogens with two attached hydrogens (primary N) is 1. The number of nitrogen functional groups attached to an aromatic ring is 1. The maximum atomic E-state index is 13.8. The van der Waals surface area contributed by atoms with Crippen molar-refractivity contribution < 1.29 is 9.13 Å². The summed E-state index contributed by atoms with van der Waals surface area (Å²) in [6.45, 7) is 2.01. The molecular weight excluding hydrogens is 361 g/mol. The fraction of sp³-hybridized carbons (Fsp3) is 0.211. The lowest BCUT2D eigenvalue weighted by atomic mass is 10.0. The van der Waals surface area contributed by atoms with E-state index < -0.39 is 6.10 Å². The summed E-state index contributed by atoms with van der Waals surface area (Å²) in [6, 6.07) is 8.23. The lowest BCUT2D eigenvalue weighted by Crippen LogP contribution is -2.09. The van der Waals surface area contributed by atoms with Gasteiger partial charge in [0, 0.05) is 24.4 Å². The SMILES string of the molecule is CC1Oc2cc(cnc2N)-c2c(nn(C)c2C#N)N=NCc2ccc(F)cc21. The van der Waals surface area contributed by atoms with Crippen LogP contribution >= 0.6 is 0 Å². The molecule has 0 aliphatic carbocycles. The second-order valence-corrected chi connectivity index (χ2v) is 6.39. The van der Waals surface area contributed by atoms with E-state index in [1.54, 1.807) is 26.1 Å². The zero-order chi connectivity index (χ0) is 19.8. The van der Waals surface area contributed by atoms with Crippen molar-refractivity contribution in [1.29, 1.82) is 5.26 Å². The van der Waals surface area contributed by atoms with E-state index >= 15 is 0 Å². The van der Waals surface area contributed by atoms with E-state index in [2.05, 4.69) is 26.4 Å². The molecule has 140 valence electrons. The first kappa shape index (κ1) is 17.6. The molecular formula is C19H16FN7O. The van der Waals surface area contributed by atoms with Crippen LogP contribution in [0.2, 0.25) is 0 Å². The van der Waals surface area contributed by atoms with Gasteiger partial charge in [0.05, 0.1) is 12.1 Å². The number of pyridine rings is 1. The summed E-state index contributed by atoms with van der Waals surface area (Å²) >= 11 is 0. The van der Waals surface area contributed by atoms with E-state index in [0.717, 1.165) is 5.56 Å². The van der Waals surface area contributed by atoms with Gasteiger partial charge >= 0.3 is 0 Å². The molecule has 1 aliphatic heterocycles. The van der Waals surface area contributed by atoms with Gasteiger partial charge in [-0.3, -0.25) is 4.68 Å². The van der Waals surface area contributed by atoms with Crippen molar-refractivity contribution in [1.82, 2.24) is 14.8 Å². The number of anilines is 1. The molecule has 0 spiro atoms. The number of fused-ring (bicyclic) bond motifs is 5. The highest BCUT2D eigenvalue weighted by molar-refractivity contribution is 5.79. The van der Waals surface area contributed by atoms with Gasteiger partial charge in [-0.1, -0.05) is 6.07 Å². The Balaban J connectivity index is 1.96. The highest BCUT2D eigenvalue weighted by Crippen LogP contribution is 2.37. The molecule has 2 N–H and O–H groups in total. The molecule has 3 heterocycles. The first-order valence-electron chi connectivity index (χ1n) is 8.53. The highest BCUT2D eigenvalue weighted by atomic mass is 19.1. The predicted octanol–water partition coefficient (Wildman–Crippen LogP) is 3.81. The molecule has 3 aromatic rings. The summed E-state index contributed by atoms with van der Waals surface area (Å²) in [5.41, 5.74) is 8.79. The van der Waals surface area contributed by atoms with E-state index in [1.165, 1.54) is 23.0 Å². The zero-order valence-electron chi connectivity index (χ0n) is 15.2. The van der Waals surface area contributed by atoms with Gasteiger partial charge in [0.2, 0.25) is 5.82 Å². The minimum Gasteiger partial charge on any atom is -0.482 e. The predicted molar refractivity (Wildman–Crippen MR) is 99.2 cm³/mol. The molecule has 1 aliphatic rings. The van der Waals surface area contributed by atoms with Crippen LogP contribution < -0.4 is 10.5 Å². The molecule has 1 unspecified atom stereocenters. The van der Waals surface area contributed by atoms with Crippen molar-refractivity contribution in [3.63, 3.8) is 0 Å². The zero-order valence-corrected chi connectivity index (χ0v) is 15.2. The fourth-order valence-electron chi connectivity index (χ4n) is 3.18. The summed E-state index contributed by atoms with van der Waals surface area (Å²) < 4.78 is 21.3. The monoisotopic (exact) mass is 377 g/mol. The Labute approximate surface area is 160 Å². The molecule has 1 atom stereocenters. The molecule has 0 radical (unpaired) electrons. The average molecular weight is 377 g/mol. The summed E-state index contributed by atoms with van der Waals surface area (Å²) in [7, 11) is 1.65. The van der Waals surface area contributed by atoms with Gasteiger partial charge in [-0.25, -0.2) is 9.37 Å². The standard InChI is InChI=1S/C19H16FN7O/c1-10-14-6-13(20)4-3-11(14)9-24-25-19-17(15(7-21)27(2)26-19)12-5-16(28-10)18(22)23-8-12/h3-6,8,10H,9H2,1-2H3,(H2,22,23). The minimum atomic E-state index is -0.497. The third-order valence-corrected chi connectivity index (χ3v) is 4.56. The summed E-state index contributed by atoms with van der Waals surface area (Å²) in [4.78, 5) is 4.18. The quantitative estimate of drug-likeness (QED) is 0.640. The Morgan fingerprint density at radius 2 is 2.18 bits per heavy atom. The smallest absolute Gasteiger partial charge is 0.204 e. The lowest BCUT2D eigenvalue weighted by molar-refractivity contribution is 0.226.